The molecule has 1 N–H and O–H groups in total. The second kappa shape index (κ2) is 9.77. The van der Waals surface area contributed by atoms with Gasteiger partial charge in [-0.25, -0.2) is 4.79 Å². The highest BCUT2D eigenvalue weighted by Gasteiger charge is 2.29. The van der Waals surface area contributed by atoms with Gasteiger partial charge in [-0.3, -0.25) is 0 Å². The number of rotatable bonds is 6. The molecule has 0 aliphatic heterocycles. The Kier molecular flexibility index (Phi) is 6.64. The summed E-state index contributed by atoms with van der Waals surface area (Å²) in [6.07, 6.45) is 3.05. The van der Waals surface area contributed by atoms with Crippen molar-refractivity contribution in [3.63, 3.8) is 0 Å². The van der Waals surface area contributed by atoms with E-state index >= 15 is 0 Å². The van der Waals surface area contributed by atoms with Crippen LogP contribution in [0, 0.1) is 6.92 Å². The lowest BCUT2D eigenvalue weighted by Gasteiger charge is -2.36. The van der Waals surface area contributed by atoms with E-state index in [1.807, 2.05) is 54.3 Å². The average molecular weight is 431 g/mol. The van der Waals surface area contributed by atoms with Crippen LogP contribution in [0.2, 0.25) is 0 Å². The van der Waals surface area contributed by atoms with Gasteiger partial charge in [-0.05, 0) is 67.1 Å². The summed E-state index contributed by atoms with van der Waals surface area (Å²) in [5.74, 6) is 1.34. The molecule has 1 aliphatic carbocycles. The number of fused-ring (bicyclic) bond motifs is 1. The molecule has 3 aromatic rings. The van der Waals surface area contributed by atoms with Gasteiger partial charge >= 0.3 is 6.03 Å². The Morgan fingerprint density at radius 1 is 1.00 bits per heavy atom. The Balaban J connectivity index is 1.67. The summed E-state index contributed by atoms with van der Waals surface area (Å²) in [7, 11) is 3.25. The van der Waals surface area contributed by atoms with Crippen molar-refractivity contribution in [2.45, 2.75) is 38.8 Å². The van der Waals surface area contributed by atoms with Crippen molar-refractivity contribution in [1.82, 2.24) is 4.90 Å². The molecule has 0 bridgehead atoms. The normalized spacial score (nSPS) is 14.9. The highest BCUT2D eigenvalue weighted by molar-refractivity contribution is 5.89. The molecule has 1 unspecified atom stereocenters. The van der Waals surface area contributed by atoms with Crippen LogP contribution in [0.25, 0.3) is 0 Å². The Morgan fingerprint density at radius 3 is 2.50 bits per heavy atom. The van der Waals surface area contributed by atoms with Crippen LogP contribution in [0.15, 0.2) is 66.7 Å². The molecule has 0 aromatic heterocycles. The predicted molar refractivity (Wildman–Crippen MR) is 127 cm³/mol. The number of aryl methyl sites for hydroxylation is 2. The third-order valence-corrected chi connectivity index (χ3v) is 6.08. The molecule has 166 valence electrons. The van der Waals surface area contributed by atoms with Gasteiger partial charge in [0, 0.05) is 12.2 Å². The number of anilines is 1. The van der Waals surface area contributed by atoms with Gasteiger partial charge in [-0.1, -0.05) is 48.0 Å². The molecule has 0 saturated carbocycles. The number of nitrogens with one attached hydrogen (secondary N) is 1. The van der Waals surface area contributed by atoms with Crippen molar-refractivity contribution >= 4 is 11.7 Å². The summed E-state index contributed by atoms with van der Waals surface area (Å²) >= 11 is 0. The zero-order chi connectivity index (χ0) is 22.5. The van der Waals surface area contributed by atoms with Crippen LogP contribution in [-0.4, -0.2) is 25.2 Å². The number of ether oxygens (including phenoxy) is 2. The molecule has 0 fully saturated rings. The molecule has 1 atom stereocenters. The second-order valence-electron chi connectivity index (χ2n) is 8.22. The van der Waals surface area contributed by atoms with Crippen molar-refractivity contribution in [2.24, 2.45) is 0 Å². The van der Waals surface area contributed by atoms with E-state index in [0.717, 1.165) is 36.1 Å². The van der Waals surface area contributed by atoms with E-state index in [4.69, 9.17) is 9.47 Å². The van der Waals surface area contributed by atoms with E-state index in [-0.39, 0.29) is 12.1 Å². The number of urea groups is 1. The first-order chi connectivity index (χ1) is 15.6. The first kappa shape index (κ1) is 21.8. The fraction of sp³-hybridized carbons (Fsp3) is 0.296. The number of hydrogen-bond acceptors (Lipinski definition) is 3. The molecule has 5 heteroatoms. The highest BCUT2D eigenvalue weighted by Crippen LogP contribution is 2.36. The SMILES string of the molecule is COc1ccc(CN(C(=O)Nc2ccc(C)cc2)C2CCCc3ccccc32)cc1OC. The quantitative estimate of drug-likeness (QED) is 0.512. The monoisotopic (exact) mass is 430 g/mol. The van der Waals surface area contributed by atoms with Crippen molar-refractivity contribution in [3.8, 4) is 11.5 Å². The van der Waals surface area contributed by atoms with Gasteiger partial charge in [0.05, 0.1) is 20.3 Å². The van der Waals surface area contributed by atoms with Crippen LogP contribution in [0.1, 0.15) is 41.1 Å². The molecule has 2 amide bonds. The predicted octanol–water partition coefficient (Wildman–Crippen LogP) is 6.12. The van der Waals surface area contributed by atoms with Crippen LogP contribution in [-0.2, 0) is 13.0 Å². The minimum Gasteiger partial charge on any atom is -0.493 e. The average Bonchev–Trinajstić information content (AvgIpc) is 2.83. The van der Waals surface area contributed by atoms with Gasteiger partial charge in [-0.15, -0.1) is 0 Å². The maximum atomic E-state index is 13.5. The van der Waals surface area contributed by atoms with Crippen molar-refractivity contribution in [2.75, 3.05) is 19.5 Å². The van der Waals surface area contributed by atoms with Gasteiger partial charge in [0.1, 0.15) is 0 Å². The molecular formula is C27H30N2O3. The van der Waals surface area contributed by atoms with E-state index < -0.39 is 0 Å². The van der Waals surface area contributed by atoms with Crippen LogP contribution in [0.5, 0.6) is 11.5 Å². The van der Waals surface area contributed by atoms with Crippen LogP contribution >= 0.6 is 0 Å². The number of carbonyl (C=O) groups excluding carboxylic acids is 1. The first-order valence-electron chi connectivity index (χ1n) is 11.0. The summed E-state index contributed by atoms with van der Waals surface area (Å²) in [5, 5.41) is 3.10. The summed E-state index contributed by atoms with van der Waals surface area (Å²) in [4.78, 5) is 15.5. The molecule has 0 heterocycles. The number of carbonyl (C=O) groups is 1. The smallest absolute Gasteiger partial charge is 0.322 e. The van der Waals surface area contributed by atoms with Gasteiger partial charge < -0.3 is 19.7 Å². The Bertz CT molecular complexity index is 1080. The molecule has 5 nitrogen and oxygen atoms in total. The fourth-order valence-corrected chi connectivity index (χ4v) is 4.38. The zero-order valence-corrected chi connectivity index (χ0v) is 18.9. The lowest BCUT2D eigenvalue weighted by molar-refractivity contribution is 0.175. The highest BCUT2D eigenvalue weighted by atomic mass is 16.5. The first-order valence-corrected chi connectivity index (χ1v) is 11.0. The molecular weight excluding hydrogens is 400 g/mol. The maximum Gasteiger partial charge on any atom is 0.322 e. The van der Waals surface area contributed by atoms with E-state index in [9.17, 15) is 4.79 Å². The summed E-state index contributed by atoms with van der Waals surface area (Å²) in [5.41, 5.74) is 5.50. The van der Waals surface area contributed by atoms with E-state index in [2.05, 4.69) is 29.6 Å². The lowest BCUT2D eigenvalue weighted by atomic mass is 9.86. The second-order valence-corrected chi connectivity index (χ2v) is 8.22. The van der Waals surface area contributed by atoms with Crippen molar-refractivity contribution < 1.29 is 14.3 Å². The molecule has 3 aromatic carbocycles. The molecule has 0 saturated heterocycles. The summed E-state index contributed by atoms with van der Waals surface area (Å²) in [6.45, 7) is 2.50. The lowest BCUT2D eigenvalue weighted by Crippen LogP contribution is -2.39. The number of amides is 2. The topological polar surface area (TPSA) is 50.8 Å². The zero-order valence-electron chi connectivity index (χ0n) is 18.9. The van der Waals surface area contributed by atoms with Gasteiger partial charge in [0.25, 0.3) is 0 Å². The number of methoxy groups -OCH3 is 2. The van der Waals surface area contributed by atoms with Crippen molar-refractivity contribution in [1.29, 1.82) is 0 Å². The fourth-order valence-electron chi connectivity index (χ4n) is 4.38. The van der Waals surface area contributed by atoms with E-state index in [1.54, 1.807) is 14.2 Å². The third kappa shape index (κ3) is 4.72. The van der Waals surface area contributed by atoms with Crippen LogP contribution < -0.4 is 14.8 Å². The Hall–Kier alpha value is -3.47. The van der Waals surface area contributed by atoms with E-state index in [1.165, 1.54) is 11.1 Å². The van der Waals surface area contributed by atoms with Gasteiger partial charge in [-0.2, -0.15) is 0 Å². The molecule has 0 spiro atoms. The van der Waals surface area contributed by atoms with Gasteiger partial charge in [0.15, 0.2) is 11.5 Å². The minimum absolute atomic E-state index is 0.0125. The Morgan fingerprint density at radius 2 is 1.75 bits per heavy atom. The van der Waals surface area contributed by atoms with E-state index in [0.29, 0.717) is 18.0 Å². The molecule has 0 radical (unpaired) electrons. The number of benzene rings is 3. The van der Waals surface area contributed by atoms with Gasteiger partial charge in [0.2, 0.25) is 0 Å². The molecule has 32 heavy (non-hydrogen) atoms. The largest absolute Gasteiger partial charge is 0.493 e. The Labute approximate surface area is 190 Å². The third-order valence-electron chi connectivity index (χ3n) is 6.08. The van der Waals surface area contributed by atoms with Crippen molar-refractivity contribution in [3.05, 3.63) is 89.0 Å². The van der Waals surface area contributed by atoms with Crippen LogP contribution in [0.3, 0.4) is 0 Å². The molecule has 4 rings (SSSR count). The number of nitrogens with zero attached hydrogens (tertiary/aromatic N) is 1. The molecule has 1 aliphatic rings. The van der Waals surface area contributed by atoms with Crippen LogP contribution in [0.4, 0.5) is 10.5 Å². The maximum absolute atomic E-state index is 13.5. The number of hydrogen-bond donors (Lipinski definition) is 1. The standard InChI is InChI=1S/C27H30N2O3/c1-19-11-14-22(15-12-19)28-27(30)29(18-20-13-16-25(31-2)26(17-20)32-3)24-10-6-8-21-7-4-5-9-23(21)24/h4-5,7,9,11-17,24H,6,8,10,18H2,1-3H3,(H,28,30). The summed E-state index contributed by atoms with van der Waals surface area (Å²) in [6, 6.07) is 22.1. The summed E-state index contributed by atoms with van der Waals surface area (Å²) < 4.78 is 10.9. The minimum atomic E-state index is -0.106.